The Morgan fingerprint density at radius 3 is 2.62 bits per heavy atom. The lowest BCUT2D eigenvalue weighted by Gasteiger charge is -2.19. The average Bonchev–Trinajstić information content (AvgIpc) is 3.03. The summed E-state index contributed by atoms with van der Waals surface area (Å²) in [5.41, 5.74) is 0.0476. The Hall–Kier alpha value is -3.03. The number of rotatable bonds is 4. The van der Waals surface area contributed by atoms with Crippen molar-refractivity contribution in [3.63, 3.8) is 0 Å². The van der Waals surface area contributed by atoms with Gasteiger partial charge in [0.15, 0.2) is 17.5 Å². The monoisotopic (exact) mass is 364 g/mol. The smallest absolute Gasteiger partial charge is 0.229 e. The molecule has 0 aromatic heterocycles. The second-order valence-electron chi connectivity index (χ2n) is 5.79. The van der Waals surface area contributed by atoms with Gasteiger partial charge in [0.1, 0.15) is 5.75 Å². The summed E-state index contributed by atoms with van der Waals surface area (Å²) in [5.74, 6) is -5.72. The van der Waals surface area contributed by atoms with E-state index in [0.717, 1.165) is 12.1 Å². The van der Waals surface area contributed by atoms with Crippen molar-refractivity contribution in [2.75, 3.05) is 23.9 Å². The van der Waals surface area contributed by atoms with E-state index in [1.54, 1.807) is 24.3 Å². The number of carbonyl (C=O) groups excluding carboxylic acids is 2. The molecule has 0 spiro atoms. The van der Waals surface area contributed by atoms with E-state index in [-0.39, 0.29) is 18.9 Å². The van der Waals surface area contributed by atoms with Crippen LogP contribution < -0.4 is 15.0 Å². The second kappa shape index (κ2) is 7.07. The predicted molar refractivity (Wildman–Crippen MR) is 88.4 cm³/mol. The zero-order valence-electron chi connectivity index (χ0n) is 13.8. The van der Waals surface area contributed by atoms with E-state index < -0.39 is 35.0 Å². The molecule has 1 fully saturated rings. The van der Waals surface area contributed by atoms with Gasteiger partial charge in [0.05, 0.1) is 24.4 Å². The Kier molecular flexibility index (Phi) is 4.83. The highest BCUT2D eigenvalue weighted by Crippen LogP contribution is 2.33. The normalized spacial score (nSPS) is 16.7. The van der Waals surface area contributed by atoms with Crippen LogP contribution in [0.2, 0.25) is 0 Å². The SMILES string of the molecule is COc1ccccc1N1CC(C(=O)Nc2ccc(F)c(F)c2F)CC1=O. The van der Waals surface area contributed by atoms with Gasteiger partial charge in [-0.2, -0.15) is 0 Å². The van der Waals surface area contributed by atoms with E-state index >= 15 is 0 Å². The van der Waals surface area contributed by atoms with Gasteiger partial charge in [-0.3, -0.25) is 9.59 Å². The molecule has 1 unspecified atom stereocenters. The Balaban J connectivity index is 1.76. The van der Waals surface area contributed by atoms with Crippen LogP contribution in [-0.2, 0) is 9.59 Å². The number of para-hydroxylation sites is 2. The molecule has 1 saturated heterocycles. The highest BCUT2D eigenvalue weighted by molar-refractivity contribution is 6.04. The lowest BCUT2D eigenvalue weighted by atomic mass is 10.1. The summed E-state index contributed by atoms with van der Waals surface area (Å²) in [6, 6.07) is 8.50. The fourth-order valence-electron chi connectivity index (χ4n) is 2.83. The molecule has 1 atom stereocenters. The molecule has 1 heterocycles. The van der Waals surface area contributed by atoms with Crippen molar-refractivity contribution >= 4 is 23.2 Å². The van der Waals surface area contributed by atoms with E-state index in [4.69, 9.17) is 4.74 Å². The lowest BCUT2D eigenvalue weighted by molar-refractivity contribution is -0.122. The van der Waals surface area contributed by atoms with Crippen molar-refractivity contribution < 1.29 is 27.5 Å². The molecule has 3 rings (SSSR count). The zero-order valence-corrected chi connectivity index (χ0v) is 13.8. The molecule has 0 aliphatic carbocycles. The molecular formula is C18H15F3N2O3. The number of carbonyl (C=O) groups is 2. The third-order valence-electron chi connectivity index (χ3n) is 4.16. The first-order chi connectivity index (χ1) is 12.4. The highest BCUT2D eigenvalue weighted by atomic mass is 19.2. The quantitative estimate of drug-likeness (QED) is 0.849. The Morgan fingerprint density at radius 2 is 1.88 bits per heavy atom. The first-order valence-corrected chi connectivity index (χ1v) is 7.80. The van der Waals surface area contributed by atoms with Crippen molar-refractivity contribution in [1.29, 1.82) is 0 Å². The third kappa shape index (κ3) is 3.22. The Bertz CT molecular complexity index is 873. The van der Waals surface area contributed by atoms with Crippen LogP contribution in [0, 0.1) is 23.4 Å². The van der Waals surface area contributed by atoms with Crippen LogP contribution in [0.3, 0.4) is 0 Å². The number of nitrogens with zero attached hydrogens (tertiary/aromatic N) is 1. The molecule has 0 radical (unpaired) electrons. The maximum atomic E-state index is 13.7. The van der Waals surface area contributed by atoms with Gasteiger partial charge >= 0.3 is 0 Å². The van der Waals surface area contributed by atoms with Crippen LogP contribution in [-0.4, -0.2) is 25.5 Å². The van der Waals surface area contributed by atoms with E-state index in [0.29, 0.717) is 11.4 Å². The number of amides is 2. The van der Waals surface area contributed by atoms with Gasteiger partial charge in [-0.05, 0) is 24.3 Å². The predicted octanol–water partition coefficient (Wildman–Crippen LogP) is 3.10. The summed E-state index contributed by atoms with van der Waals surface area (Å²) in [6.45, 7) is 0.0658. The lowest BCUT2D eigenvalue weighted by Crippen LogP contribution is -2.28. The molecular weight excluding hydrogens is 349 g/mol. The summed E-state index contributed by atoms with van der Waals surface area (Å²) in [4.78, 5) is 26.0. The largest absolute Gasteiger partial charge is 0.495 e. The van der Waals surface area contributed by atoms with Crippen LogP contribution in [0.25, 0.3) is 0 Å². The second-order valence-corrected chi connectivity index (χ2v) is 5.79. The standard InChI is InChI=1S/C18H15F3N2O3/c1-26-14-5-3-2-4-13(14)23-9-10(8-15(23)24)18(25)22-12-7-6-11(19)16(20)17(12)21/h2-7,10H,8-9H2,1H3,(H,22,25). The van der Waals surface area contributed by atoms with Gasteiger partial charge in [-0.1, -0.05) is 12.1 Å². The molecule has 2 amide bonds. The molecule has 2 aromatic rings. The summed E-state index contributed by atoms with van der Waals surface area (Å²) >= 11 is 0. The summed E-state index contributed by atoms with van der Waals surface area (Å²) in [7, 11) is 1.47. The molecule has 8 heteroatoms. The maximum Gasteiger partial charge on any atom is 0.229 e. The van der Waals surface area contributed by atoms with Gasteiger partial charge in [0.2, 0.25) is 11.8 Å². The Morgan fingerprint density at radius 1 is 1.15 bits per heavy atom. The molecule has 136 valence electrons. The van der Waals surface area contributed by atoms with Gasteiger partial charge in [-0.25, -0.2) is 13.2 Å². The Labute approximate surface area is 147 Å². The van der Waals surface area contributed by atoms with Crippen molar-refractivity contribution in [1.82, 2.24) is 0 Å². The molecule has 1 aliphatic rings. The molecule has 26 heavy (non-hydrogen) atoms. The van der Waals surface area contributed by atoms with Crippen molar-refractivity contribution in [2.45, 2.75) is 6.42 Å². The van der Waals surface area contributed by atoms with E-state index in [2.05, 4.69) is 5.32 Å². The van der Waals surface area contributed by atoms with Crippen molar-refractivity contribution in [3.05, 3.63) is 53.8 Å². The minimum atomic E-state index is -1.67. The number of methoxy groups -OCH3 is 1. The van der Waals surface area contributed by atoms with Crippen LogP contribution >= 0.6 is 0 Å². The number of benzene rings is 2. The minimum absolute atomic E-state index is 0.0658. The summed E-state index contributed by atoms with van der Waals surface area (Å²) in [6.07, 6.45) is -0.0881. The first kappa shape index (κ1) is 17.8. The molecule has 2 aromatic carbocycles. The fraction of sp³-hybridized carbons (Fsp3) is 0.222. The van der Waals surface area contributed by atoms with Gasteiger partial charge in [0, 0.05) is 13.0 Å². The topological polar surface area (TPSA) is 58.6 Å². The molecule has 1 N–H and O–H groups in total. The zero-order chi connectivity index (χ0) is 18.8. The van der Waals surface area contributed by atoms with Crippen LogP contribution in [0.4, 0.5) is 24.5 Å². The van der Waals surface area contributed by atoms with Crippen LogP contribution in [0.1, 0.15) is 6.42 Å². The third-order valence-corrected chi connectivity index (χ3v) is 4.16. The fourth-order valence-corrected chi connectivity index (χ4v) is 2.83. The number of anilines is 2. The minimum Gasteiger partial charge on any atom is -0.495 e. The summed E-state index contributed by atoms with van der Waals surface area (Å²) in [5, 5.41) is 2.21. The van der Waals surface area contributed by atoms with Gasteiger partial charge in [-0.15, -0.1) is 0 Å². The van der Waals surface area contributed by atoms with Gasteiger partial charge < -0.3 is 15.0 Å². The van der Waals surface area contributed by atoms with E-state index in [9.17, 15) is 22.8 Å². The molecule has 0 bridgehead atoms. The number of hydrogen-bond donors (Lipinski definition) is 1. The number of halogens is 3. The summed E-state index contributed by atoms with van der Waals surface area (Å²) < 4.78 is 45.2. The van der Waals surface area contributed by atoms with Crippen LogP contribution in [0.15, 0.2) is 36.4 Å². The first-order valence-electron chi connectivity index (χ1n) is 7.80. The maximum absolute atomic E-state index is 13.7. The number of ether oxygens (including phenoxy) is 1. The highest BCUT2D eigenvalue weighted by Gasteiger charge is 2.36. The van der Waals surface area contributed by atoms with Gasteiger partial charge in [0.25, 0.3) is 0 Å². The average molecular weight is 364 g/mol. The number of hydrogen-bond acceptors (Lipinski definition) is 3. The van der Waals surface area contributed by atoms with Crippen molar-refractivity contribution in [3.8, 4) is 5.75 Å². The molecule has 0 saturated carbocycles. The van der Waals surface area contributed by atoms with Crippen molar-refractivity contribution in [2.24, 2.45) is 5.92 Å². The molecule has 5 nitrogen and oxygen atoms in total. The van der Waals surface area contributed by atoms with E-state index in [1.165, 1.54) is 12.0 Å². The van der Waals surface area contributed by atoms with Crippen LogP contribution in [0.5, 0.6) is 5.75 Å². The molecule has 1 aliphatic heterocycles. The van der Waals surface area contributed by atoms with E-state index in [1.807, 2.05) is 0 Å². The number of nitrogens with one attached hydrogen (secondary N) is 1.